The van der Waals surface area contributed by atoms with Crippen molar-refractivity contribution in [1.82, 2.24) is 26.2 Å². The first-order valence-corrected chi connectivity index (χ1v) is 22.6. The summed E-state index contributed by atoms with van der Waals surface area (Å²) in [7, 11) is 1.20. The van der Waals surface area contributed by atoms with Crippen LogP contribution in [0.5, 0.6) is 0 Å². The van der Waals surface area contributed by atoms with Crippen LogP contribution < -0.4 is 21.3 Å². The van der Waals surface area contributed by atoms with Crippen molar-refractivity contribution in [1.29, 1.82) is 0 Å². The van der Waals surface area contributed by atoms with Gasteiger partial charge in [0.15, 0.2) is 0 Å². The highest BCUT2D eigenvalue weighted by Crippen LogP contribution is 2.44. The molecule has 5 rings (SSSR count). The predicted octanol–water partition coefficient (Wildman–Crippen LogP) is 7.00. The van der Waals surface area contributed by atoms with Crippen LogP contribution in [0.3, 0.4) is 0 Å². The van der Waals surface area contributed by atoms with Gasteiger partial charge in [-0.2, -0.15) is 0 Å². The number of fused-ring (bicyclic) bond motifs is 3. The summed E-state index contributed by atoms with van der Waals surface area (Å²) in [5, 5.41) is 11.4. The van der Waals surface area contributed by atoms with Crippen molar-refractivity contribution in [3.63, 3.8) is 0 Å². The Hall–Kier alpha value is -6.94. The molecule has 4 aromatic rings. The molecule has 16 heteroatoms. The maximum Gasteiger partial charge on any atom is 0.407 e. The quantitative estimate of drug-likeness (QED) is 0.0338. The number of carbonyl (C=O) groups excluding carboxylic acids is 6. The Kier molecular flexibility index (Phi) is 19.6. The average molecular weight is 922 g/mol. The molecule has 0 aromatic heterocycles. The van der Waals surface area contributed by atoms with E-state index in [9.17, 15) is 28.8 Å². The van der Waals surface area contributed by atoms with Gasteiger partial charge in [0.2, 0.25) is 5.91 Å². The second-order valence-corrected chi connectivity index (χ2v) is 17.1. The van der Waals surface area contributed by atoms with E-state index in [2.05, 4.69) is 45.5 Å². The number of amides is 4. The number of benzene rings is 4. The van der Waals surface area contributed by atoms with E-state index >= 15 is 0 Å². The van der Waals surface area contributed by atoms with Gasteiger partial charge in [-0.1, -0.05) is 109 Å². The normalized spacial score (nSPS) is 13.1. The van der Waals surface area contributed by atoms with Crippen molar-refractivity contribution in [3.8, 4) is 11.1 Å². The van der Waals surface area contributed by atoms with Crippen LogP contribution in [-0.4, -0.2) is 105 Å². The molecule has 3 atom stereocenters. The number of alkyl carbamates (subject to hydrolysis) is 3. The molecule has 0 heterocycles. The monoisotopic (exact) mass is 921 g/mol. The Morgan fingerprint density at radius 3 is 1.81 bits per heavy atom. The predicted molar refractivity (Wildman–Crippen MR) is 251 cm³/mol. The van der Waals surface area contributed by atoms with Gasteiger partial charge in [-0.05, 0) is 86.8 Å². The minimum atomic E-state index is -1.06. The largest absolute Gasteiger partial charge is 0.467 e. The molecule has 4 aromatic carbocycles. The third kappa shape index (κ3) is 16.5. The van der Waals surface area contributed by atoms with Crippen LogP contribution in [0.2, 0.25) is 0 Å². The number of ether oxygens (including phenoxy) is 5. The van der Waals surface area contributed by atoms with E-state index in [0.717, 1.165) is 33.4 Å². The fraction of sp³-hybridized carbons (Fsp3) is 0.412. The average Bonchev–Trinajstić information content (AvgIpc) is 3.65. The molecule has 4 amide bonds. The minimum Gasteiger partial charge on any atom is -0.467 e. The van der Waals surface area contributed by atoms with E-state index in [0.29, 0.717) is 12.8 Å². The zero-order valence-corrected chi connectivity index (χ0v) is 38.9. The lowest BCUT2D eigenvalue weighted by Crippen LogP contribution is -2.53. The Bertz CT molecular complexity index is 2210. The molecule has 16 nitrogen and oxygen atoms in total. The van der Waals surface area contributed by atoms with E-state index in [1.807, 2.05) is 72.8 Å². The summed E-state index contributed by atoms with van der Waals surface area (Å²) < 4.78 is 27.2. The van der Waals surface area contributed by atoms with Gasteiger partial charge in [-0.15, -0.1) is 0 Å². The Morgan fingerprint density at radius 2 is 1.21 bits per heavy atom. The third-order valence-corrected chi connectivity index (χ3v) is 11.0. The highest BCUT2D eigenvalue weighted by Gasteiger charge is 2.31. The first kappa shape index (κ1) is 51.1. The molecule has 358 valence electrons. The van der Waals surface area contributed by atoms with Crippen LogP contribution in [0, 0.1) is 0 Å². The molecule has 0 radical (unpaired) electrons. The van der Waals surface area contributed by atoms with E-state index in [1.54, 1.807) is 32.9 Å². The number of methoxy groups -OCH3 is 1. The maximum absolute atomic E-state index is 13.8. The summed E-state index contributed by atoms with van der Waals surface area (Å²) in [6, 6.07) is 31.8. The van der Waals surface area contributed by atoms with Crippen molar-refractivity contribution >= 4 is 36.1 Å². The molecular weight excluding hydrogens is 859 g/mol. The Balaban J connectivity index is 1.22. The topological polar surface area (TPSA) is 200 Å². The smallest absolute Gasteiger partial charge is 0.407 e. The molecule has 0 spiro atoms. The summed E-state index contributed by atoms with van der Waals surface area (Å²) in [6.07, 6.45) is -0.706. The Labute approximate surface area is 392 Å². The fourth-order valence-electron chi connectivity index (χ4n) is 7.61. The molecule has 0 bridgehead atoms. The fourth-order valence-corrected chi connectivity index (χ4v) is 7.61. The summed E-state index contributed by atoms with van der Waals surface area (Å²) in [4.78, 5) is 79.8. The number of esters is 2. The summed E-state index contributed by atoms with van der Waals surface area (Å²) in [5.74, 6) is -1.92. The van der Waals surface area contributed by atoms with Gasteiger partial charge in [0.25, 0.3) is 0 Å². The van der Waals surface area contributed by atoms with Gasteiger partial charge >= 0.3 is 30.2 Å². The second-order valence-electron chi connectivity index (χ2n) is 17.1. The van der Waals surface area contributed by atoms with Crippen molar-refractivity contribution < 1.29 is 52.5 Å². The van der Waals surface area contributed by atoms with Crippen LogP contribution >= 0.6 is 0 Å². The summed E-state index contributed by atoms with van der Waals surface area (Å²) in [6.45, 7) is 6.57. The lowest BCUT2D eigenvalue weighted by molar-refractivity contribution is -0.151. The molecular formula is C51H63N5O11. The third-order valence-electron chi connectivity index (χ3n) is 11.0. The molecule has 0 saturated heterocycles. The molecule has 0 aliphatic heterocycles. The zero-order valence-electron chi connectivity index (χ0n) is 38.9. The highest BCUT2D eigenvalue weighted by molar-refractivity contribution is 5.87. The van der Waals surface area contributed by atoms with Crippen molar-refractivity contribution in [3.05, 3.63) is 131 Å². The Morgan fingerprint density at radius 1 is 0.642 bits per heavy atom. The van der Waals surface area contributed by atoms with Crippen LogP contribution in [0.15, 0.2) is 109 Å². The number of nitrogens with one attached hydrogen (secondary N) is 4. The first-order chi connectivity index (χ1) is 32.2. The second kappa shape index (κ2) is 25.7. The number of hydrogen-bond donors (Lipinski definition) is 4. The van der Waals surface area contributed by atoms with E-state index in [1.165, 1.54) is 18.9 Å². The van der Waals surface area contributed by atoms with Gasteiger partial charge in [0.1, 0.15) is 44.1 Å². The molecule has 0 fully saturated rings. The van der Waals surface area contributed by atoms with Gasteiger partial charge in [0.05, 0.1) is 7.11 Å². The van der Waals surface area contributed by atoms with E-state index in [-0.39, 0.29) is 58.2 Å². The number of carbonyl (C=O) groups is 6. The van der Waals surface area contributed by atoms with Gasteiger partial charge < -0.3 is 44.5 Å². The van der Waals surface area contributed by atoms with Crippen LogP contribution in [0.4, 0.5) is 14.4 Å². The standard InChI is InChI=1S/C51H63N5O11/c1-35(46(58)63-5)56(45(57)31-54-49(61)65-33-37-20-10-7-11-21-37)29-27-38(30-53-50(62)67-51(2,3)4)55-44(47(59)64-32-36-18-8-6-9-19-36)26-16-17-28-52-48(60)66-34-43-41-24-14-12-22-39(41)40-23-13-15-25-42(40)43/h6-15,18-25,35,38,43-44,55H,16-17,26-34H2,1-5H3,(H,52,60)(H,53,62)(H,54,61)/t35-,38?,44-/m0/s1. The van der Waals surface area contributed by atoms with Gasteiger partial charge in [-0.25, -0.2) is 19.2 Å². The molecule has 67 heavy (non-hydrogen) atoms. The number of rotatable bonds is 23. The maximum atomic E-state index is 13.8. The van der Waals surface area contributed by atoms with Crippen LogP contribution in [-0.2, 0) is 51.3 Å². The van der Waals surface area contributed by atoms with Crippen LogP contribution in [0.25, 0.3) is 11.1 Å². The van der Waals surface area contributed by atoms with Crippen molar-refractivity contribution in [2.75, 3.05) is 39.9 Å². The lowest BCUT2D eigenvalue weighted by atomic mass is 9.98. The molecule has 1 unspecified atom stereocenters. The zero-order chi connectivity index (χ0) is 48.2. The number of nitrogens with zero attached hydrogens (tertiary/aromatic N) is 1. The van der Waals surface area contributed by atoms with Gasteiger partial charge in [0, 0.05) is 31.6 Å². The highest BCUT2D eigenvalue weighted by atomic mass is 16.6. The summed E-state index contributed by atoms with van der Waals surface area (Å²) in [5.41, 5.74) is 5.24. The van der Waals surface area contributed by atoms with E-state index in [4.69, 9.17) is 23.7 Å². The van der Waals surface area contributed by atoms with Gasteiger partial charge in [-0.3, -0.25) is 14.9 Å². The lowest BCUT2D eigenvalue weighted by Gasteiger charge is -2.31. The number of hydrogen-bond acceptors (Lipinski definition) is 12. The minimum absolute atomic E-state index is 0.00876. The molecule has 0 saturated carbocycles. The SMILES string of the molecule is COC(=O)[C@H](C)N(CCC(CNC(=O)OC(C)(C)C)N[C@@H](CCCCNC(=O)OCC1c2ccccc2-c2ccccc21)C(=O)OCc1ccccc1)C(=O)CNC(=O)OCc1ccccc1. The van der Waals surface area contributed by atoms with Crippen molar-refractivity contribution in [2.24, 2.45) is 0 Å². The summed E-state index contributed by atoms with van der Waals surface area (Å²) >= 11 is 0. The first-order valence-electron chi connectivity index (χ1n) is 22.6. The molecule has 4 N–H and O–H groups in total. The molecule has 1 aliphatic rings. The van der Waals surface area contributed by atoms with Crippen molar-refractivity contribution in [2.45, 2.75) is 96.2 Å². The number of unbranched alkanes of at least 4 members (excludes halogenated alkanes) is 1. The van der Waals surface area contributed by atoms with Crippen LogP contribution in [0.1, 0.15) is 81.5 Å². The van der Waals surface area contributed by atoms with E-state index < -0.39 is 66.4 Å². The molecule has 1 aliphatic carbocycles.